The van der Waals surface area contributed by atoms with Crippen LogP contribution in [0.1, 0.15) is 29.8 Å². The van der Waals surface area contributed by atoms with E-state index in [1.165, 1.54) is 0 Å². The van der Waals surface area contributed by atoms with Crippen LogP contribution in [0.3, 0.4) is 0 Å². The smallest absolute Gasteiger partial charge is 0.336 e. The summed E-state index contributed by atoms with van der Waals surface area (Å²) < 4.78 is 0. The van der Waals surface area contributed by atoms with Crippen molar-refractivity contribution in [2.45, 2.75) is 26.0 Å². The molecular weight excluding hydrogens is 268 g/mol. The number of hydrogen-bond acceptors (Lipinski definition) is 4. The zero-order valence-electron chi connectivity index (χ0n) is 12.7. The Morgan fingerprint density at radius 2 is 1.71 bits per heavy atom. The number of aromatic carboxylic acids is 1. The summed E-state index contributed by atoms with van der Waals surface area (Å²) >= 11 is 0. The highest BCUT2D eigenvalue weighted by Crippen LogP contribution is 2.14. The minimum Gasteiger partial charge on any atom is -0.478 e. The van der Waals surface area contributed by atoms with Gasteiger partial charge in [-0.15, -0.1) is 0 Å². The molecule has 5 heteroatoms. The summed E-state index contributed by atoms with van der Waals surface area (Å²) in [5, 5.41) is 19.1. The minimum absolute atomic E-state index is 0.386. The molecule has 2 N–H and O–H groups in total. The Labute approximate surface area is 125 Å². The molecule has 0 amide bonds. The van der Waals surface area contributed by atoms with Crippen molar-refractivity contribution in [1.82, 2.24) is 9.80 Å². The molecule has 1 aromatic carbocycles. The van der Waals surface area contributed by atoms with E-state index in [0.29, 0.717) is 18.7 Å². The first kappa shape index (κ1) is 15.9. The summed E-state index contributed by atoms with van der Waals surface area (Å²) in [7, 11) is 0. The summed E-state index contributed by atoms with van der Waals surface area (Å²) in [6.45, 7) is 8.57. The topological polar surface area (TPSA) is 64.0 Å². The SMILES string of the molecule is CC(C)(O)CN1CCN(Cc2ccccc2C(=O)O)CC1. The molecular formula is C16H24N2O3. The normalized spacial score (nSPS) is 17.9. The molecule has 116 valence electrons. The Balaban J connectivity index is 1.91. The number of carboxylic acids is 1. The fraction of sp³-hybridized carbons (Fsp3) is 0.562. The summed E-state index contributed by atoms with van der Waals surface area (Å²) in [5.74, 6) is -0.869. The zero-order valence-corrected chi connectivity index (χ0v) is 12.7. The second kappa shape index (κ2) is 6.56. The van der Waals surface area contributed by atoms with Gasteiger partial charge >= 0.3 is 5.97 Å². The molecule has 1 aromatic rings. The van der Waals surface area contributed by atoms with Crippen LogP contribution in [0, 0.1) is 0 Å². The van der Waals surface area contributed by atoms with Crippen LogP contribution in [0.25, 0.3) is 0 Å². The fourth-order valence-corrected chi connectivity index (χ4v) is 2.76. The van der Waals surface area contributed by atoms with Crippen LogP contribution in [0.5, 0.6) is 0 Å². The van der Waals surface area contributed by atoms with E-state index < -0.39 is 11.6 Å². The first-order valence-electron chi connectivity index (χ1n) is 7.33. The molecule has 0 aromatic heterocycles. The fourth-order valence-electron chi connectivity index (χ4n) is 2.76. The van der Waals surface area contributed by atoms with E-state index in [4.69, 9.17) is 0 Å². The van der Waals surface area contributed by atoms with Crippen molar-refractivity contribution in [3.8, 4) is 0 Å². The highest BCUT2D eigenvalue weighted by Gasteiger charge is 2.23. The Bertz CT molecular complexity index is 489. The van der Waals surface area contributed by atoms with Gasteiger partial charge in [0.25, 0.3) is 0 Å². The molecule has 1 aliphatic heterocycles. The van der Waals surface area contributed by atoms with Gasteiger partial charge in [0.15, 0.2) is 0 Å². The van der Waals surface area contributed by atoms with E-state index >= 15 is 0 Å². The molecule has 2 rings (SSSR count). The third kappa shape index (κ3) is 4.81. The number of benzene rings is 1. The third-order valence-corrected chi connectivity index (χ3v) is 3.72. The van der Waals surface area contributed by atoms with Gasteiger partial charge in [0.1, 0.15) is 0 Å². The molecule has 21 heavy (non-hydrogen) atoms. The number of rotatable bonds is 5. The average molecular weight is 292 g/mol. The first-order chi connectivity index (χ1) is 9.85. The number of carboxylic acid groups (broad SMARTS) is 1. The summed E-state index contributed by atoms with van der Waals surface area (Å²) in [6.07, 6.45) is 0. The molecule has 0 bridgehead atoms. The maximum Gasteiger partial charge on any atom is 0.336 e. The molecule has 1 aliphatic rings. The third-order valence-electron chi connectivity index (χ3n) is 3.72. The van der Waals surface area contributed by atoms with Crippen LogP contribution in [0.2, 0.25) is 0 Å². The van der Waals surface area contributed by atoms with Crippen molar-refractivity contribution in [3.63, 3.8) is 0 Å². The number of aliphatic hydroxyl groups is 1. The summed E-state index contributed by atoms with van der Waals surface area (Å²) in [4.78, 5) is 15.7. The number of nitrogens with zero attached hydrogens (tertiary/aromatic N) is 2. The molecule has 0 saturated carbocycles. The van der Waals surface area contributed by atoms with Crippen LogP contribution in [0.15, 0.2) is 24.3 Å². The zero-order chi connectivity index (χ0) is 15.5. The van der Waals surface area contributed by atoms with Gasteiger partial charge in [-0.05, 0) is 25.5 Å². The van der Waals surface area contributed by atoms with E-state index in [9.17, 15) is 15.0 Å². The molecule has 0 atom stereocenters. The Kier molecular flexibility index (Phi) is 4.98. The lowest BCUT2D eigenvalue weighted by atomic mass is 10.1. The van der Waals surface area contributed by atoms with Crippen LogP contribution in [-0.4, -0.2) is 64.3 Å². The quantitative estimate of drug-likeness (QED) is 0.856. The average Bonchev–Trinajstić information content (AvgIpc) is 2.40. The summed E-state index contributed by atoms with van der Waals surface area (Å²) in [5.41, 5.74) is 0.579. The van der Waals surface area contributed by atoms with Crippen LogP contribution in [-0.2, 0) is 6.54 Å². The van der Waals surface area contributed by atoms with Gasteiger partial charge in [-0.25, -0.2) is 4.79 Å². The van der Waals surface area contributed by atoms with Crippen molar-refractivity contribution in [2.75, 3.05) is 32.7 Å². The lowest BCUT2D eigenvalue weighted by Gasteiger charge is -2.37. The largest absolute Gasteiger partial charge is 0.478 e. The predicted octanol–water partition coefficient (Wildman–Crippen LogP) is 1.27. The molecule has 5 nitrogen and oxygen atoms in total. The van der Waals surface area contributed by atoms with Crippen molar-refractivity contribution < 1.29 is 15.0 Å². The van der Waals surface area contributed by atoms with Crippen LogP contribution >= 0.6 is 0 Å². The van der Waals surface area contributed by atoms with Crippen molar-refractivity contribution >= 4 is 5.97 Å². The van der Waals surface area contributed by atoms with Crippen molar-refractivity contribution in [3.05, 3.63) is 35.4 Å². The highest BCUT2D eigenvalue weighted by atomic mass is 16.4. The van der Waals surface area contributed by atoms with Crippen molar-refractivity contribution in [1.29, 1.82) is 0 Å². The van der Waals surface area contributed by atoms with Gasteiger partial charge in [-0.2, -0.15) is 0 Å². The molecule has 1 fully saturated rings. The first-order valence-corrected chi connectivity index (χ1v) is 7.33. The molecule has 0 radical (unpaired) electrons. The van der Waals surface area contributed by atoms with Gasteiger partial charge in [-0.1, -0.05) is 18.2 Å². The van der Waals surface area contributed by atoms with E-state index in [-0.39, 0.29) is 0 Å². The van der Waals surface area contributed by atoms with Gasteiger partial charge in [0, 0.05) is 39.3 Å². The van der Waals surface area contributed by atoms with E-state index in [1.807, 2.05) is 26.0 Å². The maximum atomic E-state index is 11.2. The lowest BCUT2D eigenvalue weighted by Crippen LogP contribution is -2.50. The second-order valence-electron chi connectivity index (χ2n) is 6.33. The van der Waals surface area contributed by atoms with Gasteiger partial charge in [-0.3, -0.25) is 9.80 Å². The second-order valence-corrected chi connectivity index (χ2v) is 6.33. The Morgan fingerprint density at radius 3 is 2.29 bits per heavy atom. The molecule has 0 unspecified atom stereocenters. The monoisotopic (exact) mass is 292 g/mol. The van der Waals surface area contributed by atoms with Gasteiger partial charge in [0.05, 0.1) is 11.2 Å². The van der Waals surface area contributed by atoms with E-state index in [0.717, 1.165) is 31.7 Å². The molecule has 0 spiro atoms. The number of piperazine rings is 1. The molecule has 1 saturated heterocycles. The van der Waals surface area contributed by atoms with Crippen LogP contribution in [0.4, 0.5) is 0 Å². The van der Waals surface area contributed by atoms with Gasteiger partial charge in [0.2, 0.25) is 0 Å². The number of β-amino-alcohol motifs (C(OH)–C–C–N with tert-alkyl or cyclic N) is 1. The van der Waals surface area contributed by atoms with Crippen LogP contribution < -0.4 is 0 Å². The highest BCUT2D eigenvalue weighted by molar-refractivity contribution is 5.89. The predicted molar refractivity (Wildman–Crippen MR) is 81.4 cm³/mol. The Hall–Kier alpha value is -1.43. The number of hydrogen-bond donors (Lipinski definition) is 2. The minimum atomic E-state index is -0.869. The number of carbonyl (C=O) groups is 1. The standard InChI is InChI=1S/C16H24N2O3/c1-16(2,21)12-18-9-7-17(8-10-18)11-13-5-3-4-6-14(13)15(19)20/h3-6,21H,7-12H2,1-2H3,(H,19,20). The molecule has 0 aliphatic carbocycles. The Morgan fingerprint density at radius 1 is 1.14 bits per heavy atom. The summed E-state index contributed by atoms with van der Waals surface area (Å²) in [6, 6.07) is 7.18. The maximum absolute atomic E-state index is 11.2. The lowest BCUT2D eigenvalue weighted by molar-refractivity contribution is 0.0165. The van der Waals surface area contributed by atoms with E-state index in [1.54, 1.807) is 12.1 Å². The van der Waals surface area contributed by atoms with Gasteiger partial charge < -0.3 is 10.2 Å². The molecule has 1 heterocycles. The van der Waals surface area contributed by atoms with Crippen molar-refractivity contribution in [2.24, 2.45) is 0 Å². The van der Waals surface area contributed by atoms with E-state index in [2.05, 4.69) is 9.80 Å².